The molecule has 0 fully saturated rings. The molecule has 0 saturated carbocycles. The standard InChI is InChI=1S/C11H8BrNO2/c1-6-2-3-7-9(13-6)5-4-8(10(7)12)11(14)15/h2-5H,1H3,(H,14,15). The molecule has 0 aliphatic carbocycles. The van der Waals surface area contributed by atoms with Crippen molar-refractivity contribution in [3.8, 4) is 0 Å². The molecular formula is C11H8BrNO2. The zero-order valence-electron chi connectivity index (χ0n) is 7.99. The number of aryl methyl sites for hydroxylation is 1. The Hall–Kier alpha value is -1.42. The number of aromatic nitrogens is 1. The number of carboxylic acid groups (broad SMARTS) is 1. The molecule has 0 atom stereocenters. The monoisotopic (exact) mass is 265 g/mol. The lowest BCUT2D eigenvalue weighted by atomic mass is 10.1. The van der Waals surface area contributed by atoms with E-state index in [0.29, 0.717) is 4.47 Å². The van der Waals surface area contributed by atoms with Gasteiger partial charge < -0.3 is 5.11 Å². The SMILES string of the molecule is Cc1ccc2c(Br)c(C(=O)O)ccc2n1. The van der Waals surface area contributed by atoms with Crippen molar-refractivity contribution in [3.05, 3.63) is 40.0 Å². The summed E-state index contributed by atoms with van der Waals surface area (Å²) in [6.07, 6.45) is 0. The van der Waals surface area contributed by atoms with Crippen molar-refractivity contribution in [2.24, 2.45) is 0 Å². The zero-order valence-corrected chi connectivity index (χ0v) is 9.58. The maximum Gasteiger partial charge on any atom is 0.336 e. The maximum atomic E-state index is 10.9. The number of carboxylic acids is 1. The van der Waals surface area contributed by atoms with Gasteiger partial charge in [-0.3, -0.25) is 4.98 Å². The molecule has 1 aromatic heterocycles. The fourth-order valence-corrected chi connectivity index (χ4v) is 2.07. The average molecular weight is 266 g/mol. The third-order valence-corrected chi connectivity index (χ3v) is 3.03. The van der Waals surface area contributed by atoms with E-state index in [0.717, 1.165) is 16.6 Å². The van der Waals surface area contributed by atoms with E-state index in [1.54, 1.807) is 12.1 Å². The molecule has 0 amide bonds. The van der Waals surface area contributed by atoms with Crippen LogP contribution in [0.1, 0.15) is 16.1 Å². The number of aromatic carboxylic acids is 1. The Morgan fingerprint density at radius 1 is 1.33 bits per heavy atom. The number of halogens is 1. The number of hydrogen-bond donors (Lipinski definition) is 1. The summed E-state index contributed by atoms with van der Waals surface area (Å²) in [5, 5.41) is 9.75. The number of carbonyl (C=O) groups is 1. The van der Waals surface area contributed by atoms with Crippen molar-refractivity contribution in [1.82, 2.24) is 4.98 Å². The fraction of sp³-hybridized carbons (Fsp3) is 0.0909. The topological polar surface area (TPSA) is 50.2 Å². The Morgan fingerprint density at radius 2 is 2.07 bits per heavy atom. The molecule has 0 spiro atoms. The van der Waals surface area contributed by atoms with E-state index in [4.69, 9.17) is 5.11 Å². The third-order valence-electron chi connectivity index (χ3n) is 2.18. The van der Waals surface area contributed by atoms with Gasteiger partial charge in [-0.25, -0.2) is 4.79 Å². The Kier molecular flexibility index (Phi) is 2.44. The van der Waals surface area contributed by atoms with Gasteiger partial charge in [0.05, 0.1) is 11.1 Å². The Bertz CT molecular complexity index is 552. The second-order valence-corrected chi connectivity index (χ2v) is 4.04. The van der Waals surface area contributed by atoms with E-state index < -0.39 is 5.97 Å². The van der Waals surface area contributed by atoms with Crippen molar-refractivity contribution < 1.29 is 9.90 Å². The smallest absolute Gasteiger partial charge is 0.336 e. The van der Waals surface area contributed by atoms with Crippen LogP contribution in [-0.2, 0) is 0 Å². The van der Waals surface area contributed by atoms with Gasteiger partial charge in [-0.05, 0) is 47.1 Å². The van der Waals surface area contributed by atoms with E-state index in [1.165, 1.54) is 0 Å². The Balaban J connectivity index is 2.80. The van der Waals surface area contributed by atoms with Crippen LogP contribution in [0, 0.1) is 6.92 Å². The van der Waals surface area contributed by atoms with Crippen molar-refractivity contribution >= 4 is 32.8 Å². The molecular weight excluding hydrogens is 258 g/mol. The molecule has 3 nitrogen and oxygen atoms in total. The largest absolute Gasteiger partial charge is 0.478 e. The van der Waals surface area contributed by atoms with Crippen molar-refractivity contribution in [2.45, 2.75) is 6.92 Å². The lowest BCUT2D eigenvalue weighted by molar-refractivity contribution is 0.0696. The maximum absolute atomic E-state index is 10.9. The summed E-state index contributed by atoms with van der Waals surface area (Å²) in [4.78, 5) is 15.2. The Morgan fingerprint density at radius 3 is 2.73 bits per heavy atom. The highest BCUT2D eigenvalue weighted by molar-refractivity contribution is 9.10. The summed E-state index contributed by atoms with van der Waals surface area (Å²) < 4.78 is 0.583. The molecule has 1 heterocycles. The van der Waals surface area contributed by atoms with Crippen LogP contribution in [0.5, 0.6) is 0 Å². The summed E-state index contributed by atoms with van der Waals surface area (Å²) in [5.41, 5.74) is 1.97. The van der Waals surface area contributed by atoms with Crippen LogP contribution in [0.25, 0.3) is 10.9 Å². The molecule has 2 aromatic rings. The van der Waals surface area contributed by atoms with Gasteiger partial charge in [0.15, 0.2) is 0 Å². The molecule has 76 valence electrons. The first-order valence-electron chi connectivity index (χ1n) is 4.39. The second-order valence-electron chi connectivity index (χ2n) is 3.25. The van der Waals surface area contributed by atoms with Gasteiger partial charge in [0.1, 0.15) is 0 Å². The van der Waals surface area contributed by atoms with Gasteiger partial charge in [0.25, 0.3) is 0 Å². The van der Waals surface area contributed by atoms with E-state index in [2.05, 4.69) is 20.9 Å². The molecule has 15 heavy (non-hydrogen) atoms. The minimum absolute atomic E-state index is 0.258. The van der Waals surface area contributed by atoms with Gasteiger partial charge >= 0.3 is 5.97 Å². The summed E-state index contributed by atoms with van der Waals surface area (Å²) in [6, 6.07) is 7.00. The molecule has 1 aromatic carbocycles. The van der Waals surface area contributed by atoms with Gasteiger partial charge in [0, 0.05) is 15.6 Å². The third kappa shape index (κ3) is 1.72. The first-order chi connectivity index (χ1) is 7.09. The highest BCUT2D eigenvalue weighted by Gasteiger charge is 2.11. The molecule has 4 heteroatoms. The summed E-state index contributed by atoms with van der Waals surface area (Å²) in [7, 11) is 0. The van der Waals surface area contributed by atoms with Crippen molar-refractivity contribution in [3.63, 3.8) is 0 Å². The second kappa shape index (κ2) is 3.62. The van der Waals surface area contributed by atoms with Crippen LogP contribution in [0.15, 0.2) is 28.7 Å². The summed E-state index contributed by atoms with van der Waals surface area (Å²) in [6.45, 7) is 1.90. The normalized spacial score (nSPS) is 10.5. The number of benzene rings is 1. The molecule has 0 saturated heterocycles. The van der Waals surface area contributed by atoms with E-state index >= 15 is 0 Å². The minimum atomic E-state index is -0.940. The van der Waals surface area contributed by atoms with Crippen LogP contribution in [-0.4, -0.2) is 16.1 Å². The lowest BCUT2D eigenvalue weighted by Gasteiger charge is -2.04. The number of hydrogen-bond acceptors (Lipinski definition) is 2. The highest BCUT2D eigenvalue weighted by Crippen LogP contribution is 2.26. The number of nitrogens with zero attached hydrogens (tertiary/aromatic N) is 1. The van der Waals surface area contributed by atoms with E-state index in [9.17, 15) is 4.79 Å². The lowest BCUT2D eigenvalue weighted by Crippen LogP contribution is -1.98. The van der Waals surface area contributed by atoms with Crippen LogP contribution in [0.2, 0.25) is 0 Å². The highest BCUT2D eigenvalue weighted by atomic mass is 79.9. The predicted molar refractivity (Wildman–Crippen MR) is 61.1 cm³/mol. The Labute approximate surface area is 94.9 Å². The summed E-state index contributed by atoms with van der Waals surface area (Å²) in [5.74, 6) is -0.940. The molecule has 2 rings (SSSR count). The van der Waals surface area contributed by atoms with Crippen LogP contribution >= 0.6 is 15.9 Å². The molecule has 0 bridgehead atoms. The molecule has 0 unspecified atom stereocenters. The number of rotatable bonds is 1. The fourth-order valence-electron chi connectivity index (χ4n) is 1.44. The first kappa shape index (κ1) is 10.1. The van der Waals surface area contributed by atoms with Crippen molar-refractivity contribution in [2.75, 3.05) is 0 Å². The zero-order chi connectivity index (χ0) is 11.0. The van der Waals surface area contributed by atoms with Crippen molar-refractivity contribution in [1.29, 1.82) is 0 Å². The predicted octanol–water partition coefficient (Wildman–Crippen LogP) is 3.00. The van der Waals surface area contributed by atoms with Gasteiger partial charge in [-0.2, -0.15) is 0 Å². The van der Waals surface area contributed by atoms with Gasteiger partial charge in [-0.15, -0.1) is 0 Å². The first-order valence-corrected chi connectivity index (χ1v) is 5.18. The number of fused-ring (bicyclic) bond motifs is 1. The van der Waals surface area contributed by atoms with Crippen LogP contribution in [0.4, 0.5) is 0 Å². The summed E-state index contributed by atoms with van der Waals surface area (Å²) >= 11 is 3.29. The van der Waals surface area contributed by atoms with Crippen LogP contribution in [0.3, 0.4) is 0 Å². The van der Waals surface area contributed by atoms with E-state index in [-0.39, 0.29) is 5.56 Å². The minimum Gasteiger partial charge on any atom is -0.478 e. The van der Waals surface area contributed by atoms with Gasteiger partial charge in [-0.1, -0.05) is 0 Å². The molecule has 0 radical (unpaired) electrons. The van der Waals surface area contributed by atoms with E-state index in [1.807, 2.05) is 19.1 Å². The average Bonchev–Trinajstić information content (AvgIpc) is 2.17. The van der Waals surface area contributed by atoms with Crippen LogP contribution < -0.4 is 0 Å². The number of pyridine rings is 1. The van der Waals surface area contributed by atoms with Gasteiger partial charge in [0.2, 0.25) is 0 Å². The molecule has 0 aliphatic heterocycles. The quantitative estimate of drug-likeness (QED) is 0.863. The molecule has 1 N–H and O–H groups in total. The molecule has 0 aliphatic rings.